The molecule has 128 valence electrons. The fraction of sp³-hybridized carbons (Fsp3) is 0.250. The molecule has 1 aliphatic rings. The Morgan fingerprint density at radius 1 is 0.538 bits per heavy atom. The number of hydrogen-bond acceptors (Lipinski definition) is 2. The highest BCUT2D eigenvalue weighted by Gasteiger charge is 2.30. The highest BCUT2D eigenvalue weighted by Crippen LogP contribution is 2.43. The number of pyridine rings is 2. The Hall–Kier alpha value is -2.74. The zero-order chi connectivity index (χ0) is 17.3. The van der Waals surface area contributed by atoms with E-state index in [0.717, 1.165) is 11.0 Å². The molecular formula is C24H22N2. The molecule has 0 amide bonds. The van der Waals surface area contributed by atoms with Gasteiger partial charge in [-0.1, -0.05) is 61.4 Å². The minimum atomic E-state index is 0.460. The van der Waals surface area contributed by atoms with Gasteiger partial charge in [0.15, 0.2) is 0 Å². The Labute approximate surface area is 153 Å². The van der Waals surface area contributed by atoms with Crippen LogP contribution in [0.5, 0.6) is 0 Å². The normalized spacial score (nSPS) is 20.5. The average molecular weight is 338 g/mol. The van der Waals surface area contributed by atoms with Crippen LogP contribution in [0.4, 0.5) is 0 Å². The highest BCUT2D eigenvalue weighted by atomic mass is 14.7. The first-order valence-corrected chi connectivity index (χ1v) is 9.60. The van der Waals surface area contributed by atoms with E-state index < -0.39 is 0 Å². The maximum Gasteiger partial charge on any atom is 0.0705 e. The summed E-state index contributed by atoms with van der Waals surface area (Å²) >= 11 is 0. The Morgan fingerprint density at radius 2 is 1.00 bits per heavy atom. The summed E-state index contributed by atoms with van der Waals surface area (Å²) in [4.78, 5) is 10.0. The van der Waals surface area contributed by atoms with E-state index in [-0.39, 0.29) is 0 Å². The van der Waals surface area contributed by atoms with Gasteiger partial charge >= 0.3 is 0 Å². The number of para-hydroxylation sites is 2. The van der Waals surface area contributed by atoms with Crippen LogP contribution >= 0.6 is 0 Å². The van der Waals surface area contributed by atoms with Gasteiger partial charge < -0.3 is 0 Å². The molecule has 4 aromatic rings. The van der Waals surface area contributed by atoms with Crippen LogP contribution < -0.4 is 0 Å². The Kier molecular flexibility index (Phi) is 3.89. The van der Waals surface area contributed by atoms with Crippen LogP contribution in [-0.4, -0.2) is 9.97 Å². The molecule has 1 aliphatic carbocycles. The maximum atomic E-state index is 5.01. The van der Waals surface area contributed by atoms with Crippen molar-refractivity contribution in [1.29, 1.82) is 0 Å². The van der Waals surface area contributed by atoms with Crippen molar-refractivity contribution in [2.24, 2.45) is 0 Å². The van der Waals surface area contributed by atoms with Gasteiger partial charge in [-0.05, 0) is 37.1 Å². The minimum Gasteiger partial charge on any atom is -0.253 e. The zero-order valence-electron chi connectivity index (χ0n) is 14.8. The summed E-state index contributed by atoms with van der Waals surface area (Å²) in [5, 5.41) is 2.43. The lowest BCUT2D eigenvalue weighted by Gasteiger charge is -2.31. The summed E-state index contributed by atoms with van der Waals surface area (Å²) in [5.74, 6) is 0.920. The van der Waals surface area contributed by atoms with Gasteiger partial charge in [0.1, 0.15) is 0 Å². The third kappa shape index (κ3) is 2.76. The first-order chi connectivity index (χ1) is 12.9. The van der Waals surface area contributed by atoms with Gasteiger partial charge in [-0.25, -0.2) is 0 Å². The van der Waals surface area contributed by atoms with Crippen molar-refractivity contribution in [3.05, 3.63) is 84.2 Å². The summed E-state index contributed by atoms with van der Waals surface area (Å²) in [5.41, 5.74) is 4.65. The lowest BCUT2D eigenvalue weighted by atomic mass is 9.75. The van der Waals surface area contributed by atoms with Crippen molar-refractivity contribution in [3.8, 4) is 0 Å². The standard InChI is InChI=1S/C24H22N2/c1-5-11-21-17(7-1)13-15-23(25-21)19-9-3-4-10-20(19)24-16-14-18-8-2-6-12-22(18)26-24/h1-2,5-8,11-16,19-20H,3-4,9-10H2/t19-,20-/m1/s1. The second kappa shape index (κ2) is 6.53. The first kappa shape index (κ1) is 15.5. The summed E-state index contributed by atoms with van der Waals surface area (Å²) < 4.78 is 0. The van der Waals surface area contributed by atoms with E-state index in [1.165, 1.54) is 47.8 Å². The largest absolute Gasteiger partial charge is 0.253 e. The number of aromatic nitrogens is 2. The van der Waals surface area contributed by atoms with Gasteiger partial charge in [0.2, 0.25) is 0 Å². The molecule has 0 radical (unpaired) electrons. The lowest BCUT2D eigenvalue weighted by Crippen LogP contribution is -2.18. The number of rotatable bonds is 2. The lowest BCUT2D eigenvalue weighted by molar-refractivity contribution is 0.376. The molecule has 2 heteroatoms. The van der Waals surface area contributed by atoms with Crippen LogP contribution in [0.3, 0.4) is 0 Å². The van der Waals surface area contributed by atoms with Crippen LogP contribution in [0, 0.1) is 0 Å². The first-order valence-electron chi connectivity index (χ1n) is 9.60. The van der Waals surface area contributed by atoms with Crippen LogP contribution in [0.25, 0.3) is 21.8 Å². The predicted octanol–water partition coefficient (Wildman–Crippen LogP) is 6.22. The van der Waals surface area contributed by atoms with Crippen LogP contribution in [-0.2, 0) is 0 Å². The second-order valence-corrected chi connectivity index (χ2v) is 7.36. The quantitative estimate of drug-likeness (QED) is 0.433. The molecule has 26 heavy (non-hydrogen) atoms. The topological polar surface area (TPSA) is 25.8 Å². The van der Waals surface area contributed by atoms with E-state index in [2.05, 4.69) is 72.8 Å². The summed E-state index contributed by atoms with van der Waals surface area (Å²) in [7, 11) is 0. The molecule has 0 bridgehead atoms. The summed E-state index contributed by atoms with van der Waals surface area (Å²) in [6, 6.07) is 25.7. The summed E-state index contributed by atoms with van der Waals surface area (Å²) in [6.07, 6.45) is 4.96. The molecule has 0 spiro atoms. The Morgan fingerprint density at radius 3 is 1.50 bits per heavy atom. The maximum absolute atomic E-state index is 5.01. The number of benzene rings is 2. The monoisotopic (exact) mass is 338 g/mol. The number of fused-ring (bicyclic) bond motifs is 2. The van der Waals surface area contributed by atoms with Crippen molar-refractivity contribution in [2.75, 3.05) is 0 Å². The second-order valence-electron chi connectivity index (χ2n) is 7.36. The molecule has 2 aromatic carbocycles. The van der Waals surface area contributed by atoms with E-state index in [9.17, 15) is 0 Å². The van der Waals surface area contributed by atoms with Gasteiger partial charge in [0, 0.05) is 34.0 Å². The van der Waals surface area contributed by atoms with Gasteiger partial charge in [-0.15, -0.1) is 0 Å². The molecule has 0 N–H and O–H groups in total. The van der Waals surface area contributed by atoms with Crippen LogP contribution in [0.1, 0.15) is 48.9 Å². The van der Waals surface area contributed by atoms with Crippen LogP contribution in [0.2, 0.25) is 0 Å². The van der Waals surface area contributed by atoms with Crippen molar-refractivity contribution >= 4 is 21.8 Å². The van der Waals surface area contributed by atoms with Gasteiger partial charge in [0.05, 0.1) is 11.0 Å². The molecule has 2 nitrogen and oxygen atoms in total. The molecule has 2 atom stereocenters. The third-order valence-electron chi connectivity index (χ3n) is 5.77. The Bertz CT molecular complexity index is 982. The molecule has 0 aliphatic heterocycles. The molecule has 0 unspecified atom stereocenters. The molecule has 1 saturated carbocycles. The van der Waals surface area contributed by atoms with Gasteiger partial charge in [0.25, 0.3) is 0 Å². The molecule has 5 rings (SSSR count). The molecule has 2 heterocycles. The molecule has 0 saturated heterocycles. The zero-order valence-corrected chi connectivity index (χ0v) is 14.8. The smallest absolute Gasteiger partial charge is 0.0705 e. The molecule has 2 aromatic heterocycles. The van der Waals surface area contributed by atoms with Crippen LogP contribution in [0.15, 0.2) is 72.8 Å². The fourth-order valence-corrected chi connectivity index (χ4v) is 4.42. The van der Waals surface area contributed by atoms with E-state index >= 15 is 0 Å². The van der Waals surface area contributed by atoms with Crippen molar-refractivity contribution in [3.63, 3.8) is 0 Å². The van der Waals surface area contributed by atoms with Gasteiger partial charge in [-0.2, -0.15) is 0 Å². The Balaban J connectivity index is 1.56. The molecular weight excluding hydrogens is 316 g/mol. The third-order valence-corrected chi connectivity index (χ3v) is 5.77. The van der Waals surface area contributed by atoms with E-state index in [1.54, 1.807) is 0 Å². The number of hydrogen-bond donors (Lipinski definition) is 0. The van der Waals surface area contributed by atoms with Crippen molar-refractivity contribution in [2.45, 2.75) is 37.5 Å². The minimum absolute atomic E-state index is 0.460. The van der Waals surface area contributed by atoms with Gasteiger partial charge in [-0.3, -0.25) is 9.97 Å². The van der Waals surface area contributed by atoms with Crippen molar-refractivity contribution < 1.29 is 0 Å². The van der Waals surface area contributed by atoms with E-state index in [0.29, 0.717) is 11.8 Å². The van der Waals surface area contributed by atoms with E-state index in [1.807, 2.05) is 0 Å². The predicted molar refractivity (Wildman–Crippen MR) is 107 cm³/mol. The molecule has 1 fully saturated rings. The fourth-order valence-electron chi connectivity index (χ4n) is 4.42. The SMILES string of the molecule is c1ccc2nc([C@@H]3CCCC[C@H]3c3ccc4ccccc4n3)ccc2c1. The van der Waals surface area contributed by atoms with E-state index in [4.69, 9.17) is 9.97 Å². The van der Waals surface area contributed by atoms with Crippen molar-refractivity contribution in [1.82, 2.24) is 9.97 Å². The summed E-state index contributed by atoms with van der Waals surface area (Å²) in [6.45, 7) is 0. The highest BCUT2D eigenvalue weighted by molar-refractivity contribution is 5.79. The average Bonchev–Trinajstić information content (AvgIpc) is 2.73. The number of nitrogens with zero attached hydrogens (tertiary/aromatic N) is 2.